The van der Waals surface area contributed by atoms with Crippen molar-refractivity contribution >= 4 is 11.5 Å². The Morgan fingerprint density at radius 1 is 1.33 bits per heavy atom. The Balaban J connectivity index is 1.97. The Kier molecular flexibility index (Phi) is 4.92. The summed E-state index contributed by atoms with van der Waals surface area (Å²) < 4.78 is 18.6. The quantitative estimate of drug-likeness (QED) is 0.855. The molecule has 6 heteroatoms. The van der Waals surface area contributed by atoms with Gasteiger partial charge in [-0.25, -0.2) is 9.37 Å². The van der Waals surface area contributed by atoms with E-state index in [9.17, 15) is 4.39 Å². The third-order valence-electron chi connectivity index (χ3n) is 2.79. The molecule has 3 N–H and O–H groups in total. The van der Waals surface area contributed by atoms with E-state index < -0.39 is 0 Å². The van der Waals surface area contributed by atoms with Crippen LogP contribution in [0.4, 0.5) is 15.9 Å². The first-order valence-corrected chi connectivity index (χ1v) is 6.81. The van der Waals surface area contributed by atoms with Crippen LogP contribution in [0.1, 0.15) is 19.4 Å². The van der Waals surface area contributed by atoms with Gasteiger partial charge in [0.1, 0.15) is 17.8 Å². The van der Waals surface area contributed by atoms with E-state index in [0.29, 0.717) is 30.4 Å². The molecule has 0 amide bonds. The molecule has 0 saturated heterocycles. The van der Waals surface area contributed by atoms with E-state index in [-0.39, 0.29) is 11.9 Å². The molecule has 2 aromatic rings. The second-order valence-electron chi connectivity index (χ2n) is 4.91. The average Bonchev–Trinajstić information content (AvgIpc) is 2.42. The maximum absolute atomic E-state index is 13.1. The second-order valence-corrected chi connectivity index (χ2v) is 4.91. The first-order valence-electron chi connectivity index (χ1n) is 6.81. The molecule has 0 spiro atoms. The van der Waals surface area contributed by atoms with Gasteiger partial charge in [0, 0.05) is 6.54 Å². The van der Waals surface area contributed by atoms with Crippen LogP contribution >= 0.6 is 0 Å². The van der Waals surface area contributed by atoms with E-state index in [4.69, 9.17) is 10.5 Å². The highest BCUT2D eigenvalue weighted by molar-refractivity contribution is 5.66. The van der Waals surface area contributed by atoms with Gasteiger partial charge in [0.05, 0.1) is 6.10 Å². The SMILES string of the molecule is CC(C)Oc1ncnc(NCCc2cccc(F)c2)c1N. The van der Waals surface area contributed by atoms with E-state index in [1.807, 2.05) is 19.9 Å². The van der Waals surface area contributed by atoms with Crippen LogP contribution in [0.25, 0.3) is 0 Å². The fourth-order valence-corrected chi connectivity index (χ4v) is 1.86. The van der Waals surface area contributed by atoms with Crippen LogP contribution in [0.5, 0.6) is 5.88 Å². The van der Waals surface area contributed by atoms with E-state index >= 15 is 0 Å². The summed E-state index contributed by atoms with van der Waals surface area (Å²) in [6.07, 6.45) is 2.06. The van der Waals surface area contributed by atoms with Crippen LogP contribution in [0.3, 0.4) is 0 Å². The molecule has 0 aliphatic carbocycles. The number of aromatic nitrogens is 2. The van der Waals surface area contributed by atoms with Crippen LogP contribution in [-0.2, 0) is 6.42 Å². The minimum Gasteiger partial charge on any atom is -0.473 e. The smallest absolute Gasteiger partial charge is 0.242 e. The third-order valence-corrected chi connectivity index (χ3v) is 2.79. The van der Waals surface area contributed by atoms with Crippen LogP contribution < -0.4 is 15.8 Å². The minimum atomic E-state index is -0.235. The molecule has 1 heterocycles. The van der Waals surface area contributed by atoms with Crippen molar-refractivity contribution in [3.63, 3.8) is 0 Å². The number of nitrogens with zero attached hydrogens (tertiary/aromatic N) is 2. The highest BCUT2D eigenvalue weighted by Crippen LogP contribution is 2.25. The predicted molar refractivity (Wildman–Crippen MR) is 80.8 cm³/mol. The molecule has 0 fully saturated rings. The van der Waals surface area contributed by atoms with Crippen molar-refractivity contribution in [2.45, 2.75) is 26.4 Å². The summed E-state index contributed by atoms with van der Waals surface area (Å²) >= 11 is 0. The molecule has 0 saturated carbocycles. The molecule has 0 atom stereocenters. The van der Waals surface area contributed by atoms with Gasteiger partial charge in [-0.1, -0.05) is 12.1 Å². The lowest BCUT2D eigenvalue weighted by atomic mass is 10.1. The molecule has 0 aliphatic rings. The maximum Gasteiger partial charge on any atom is 0.242 e. The van der Waals surface area contributed by atoms with Crippen LogP contribution in [-0.4, -0.2) is 22.6 Å². The summed E-state index contributed by atoms with van der Waals surface area (Å²) in [6, 6.07) is 6.51. The molecule has 1 aromatic carbocycles. The fourth-order valence-electron chi connectivity index (χ4n) is 1.86. The number of halogens is 1. The first-order chi connectivity index (χ1) is 10.1. The summed E-state index contributed by atoms with van der Waals surface area (Å²) in [5.74, 6) is 0.659. The zero-order valence-electron chi connectivity index (χ0n) is 12.1. The number of nitrogens with two attached hydrogens (primary N) is 1. The molecule has 2 rings (SSSR count). The molecule has 21 heavy (non-hydrogen) atoms. The monoisotopic (exact) mass is 290 g/mol. The number of rotatable bonds is 6. The van der Waals surface area contributed by atoms with E-state index in [1.165, 1.54) is 18.5 Å². The fraction of sp³-hybridized carbons (Fsp3) is 0.333. The zero-order valence-corrected chi connectivity index (χ0v) is 12.1. The standard InChI is InChI=1S/C15H19FN4O/c1-10(2)21-15-13(17)14(19-9-20-15)18-7-6-11-4-3-5-12(16)8-11/h3-5,8-10H,6-7,17H2,1-2H3,(H,18,19,20). The molecule has 112 valence electrons. The Hall–Kier alpha value is -2.37. The van der Waals surface area contributed by atoms with E-state index in [2.05, 4.69) is 15.3 Å². The van der Waals surface area contributed by atoms with Gasteiger partial charge in [0.25, 0.3) is 0 Å². The second kappa shape index (κ2) is 6.88. The van der Waals surface area contributed by atoms with Crippen molar-refractivity contribution in [2.24, 2.45) is 0 Å². The molecule has 1 aromatic heterocycles. The number of hydrogen-bond donors (Lipinski definition) is 2. The molecule has 0 unspecified atom stereocenters. The van der Waals surface area contributed by atoms with E-state index in [1.54, 1.807) is 6.07 Å². The lowest BCUT2D eigenvalue weighted by Gasteiger charge is -2.13. The van der Waals surface area contributed by atoms with Gasteiger partial charge in [-0.3, -0.25) is 0 Å². The number of benzene rings is 1. The number of ether oxygens (including phenoxy) is 1. The van der Waals surface area contributed by atoms with Crippen molar-refractivity contribution in [1.29, 1.82) is 0 Å². The summed E-state index contributed by atoms with van der Waals surface area (Å²) in [5, 5.41) is 3.12. The molecule has 0 bridgehead atoms. The predicted octanol–water partition coefficient (Wildman–Crippen LogP) is 2.64. The lowest BCUT2D eigenvalue weighted by molar-refractivity contribution is 0.234. The Morgan fingerprint density at radius 3 is 2.86 bits per heavy atom. The minimum absolute atomic E-state index is 0.0117. The first kappa shape index (κ1) is 15.0. The van der Waals surface area contributed by atoms with E-state index in [0.717, 1.165) is 5.56 Å². The van der Waals surface area contributed by atoms with Crippen molar-refractivity contribution in [1.82, 2.24) is 9.97 Å². The lowest BCUT2D eigenvalue weighted by Crippen LogP contribution is -2.13. The molecule has 0 radical (unpaired) electrons. The highest BCUT2D eigenvalue weighted by atomic mass is 19.1. The average molecular weight is 290 g/mol. The number of nitrogens with one attached hydrogen (secondary N) is 1. The van der Waals surface area contributed by atoms with Crippen LogP contribution in [0.2, 0.25) is 0 Å². The van der Waals surface area contributed by atoms with Crippen molar-refractivity contribution in [3.05, 3.63) is 42.0 Å². The number of anilines is 2. The molecular formula is C15H19FN4O. The van der Waals surface area contributed by atoms with Gasteiger partial charge in [-0.15, -0.1) is 0 Å². The summed E-state index contributed by atoms with van der Waals surface area (Å²) in [5.41, 5.74) is 7.25. The normalized spacial score (nSPS) is 10.7. The topological polar surface area (TPSA) is 73.1 Å². The third kappa shape index (κ3) is 4.30. The van der Waals surface area contributed by atoms with Gasteiger partial charge in [-0.2, -0.15) is 4.98 Å². The molecular weight excluding hydrogens is 271 g/mol. The highest BCUT2D eigenvalue weighted by Gasteiger charge is 2.10. The summed E-state index contributed by atoms with van der Waals surface area (Å²) in [6.45, 7) is 4.39. The van der Waals surface area contributed by atoms with Crippen molar-refractivity contribution in [3.8, 4) is 5.88 Å². The van der Waals surface area contributed by atoms with Gasteiger partial charge in [0.2, 0.25) is 5.88 Å². The van der Waals surface area contributed by atoms with Gasteiger partial charge < -0.3 is 15.8 Å². The number of nitrogen functional groups attached to an aromatic ring is 1. The number of hydrogen-bond acceptors (Lipinski definition) is 5. The van der Waals surface area contributed by atoms with Crippen LogP contribution in [0.15, 0.2) is 30.6 Å². The van der Waals surface area contributed by atoms with Crippen molar-refractivity contribution < 1.29 is 9.13 Å². The Labute approximate surface area is 123 Å². The zero-order chi connectivity index (χ0) is 15.2. The molecule has 5 nitrogen and oxygen atoms in total. The molecule has 0 aliphatic heterocycles. The van der Waals surface area contributed by atoms with Gasteiger partial charge in [0.15, 0.2) is 5.82 Å². The van der Waals surface area contributed by atoms with Crippen LogP contribution in [0, 0.1) is 5.82 Å². The van der Waals surface area contributed by atoms with Gasteiger partial charge in [-0.05, 0) is 38.0 Å². The van der Waals surface area contributed by atoms with Gasteiger partial charge >= 0.3 is 0 Å². The summed E-state index contributed by atoms with van der Waals surface area (Å²) in [4.78, 5) is 8.10. The Bertz CT molecular complexity index is 604. The largest absolute Gasteiger partial charge is 0.473 e. The Morgan fingerprint density at radius 2 is 2.14 bits per heavy atom. The maximum atomic E-state index is 13.1. The van der Waals surface area contributed by atoms with Crippen molar-refractivity contribution in [2.75, 3.05) is 17.6 Å². The summed E-state index contributed by atoms with van der Waals surface area (Å²) in [7, 11) is 0.